The van der Waals surface area contributed by atoms with Gasteiger partial charge in [-0.2, -0.15) is 0 Å². The molecule has 0 saturated carbocycles. The highest BCUT2D eigenvalue weighted by molar-refractivity contribution is 5.79. The van der Waals surface area contributed by atoms with Gasteiger partial charge in [-0.1, -0.05) is 79.1 Å². The Morgan fingerprint density at radius 2 is 1.68 bits per heavy atom. The summed E-state index contributed by atoms with van der Waals surface area (Å²) in [5.41, 5.74) is 6.63. The minimum Gasteiger partial charge on any atom is -0.448 e. The highest BCUT2D eigenvalue weighted by atomic mass is 16.6. The number of nitrogens with zero attached hydrogens (tertiary/aromatic N) is 1. The summed E-state index contributed by atoms with van der Waals surface area (Å²) in [7, 11) is 0. The number of amides is 1. The highest BCUT2D eigenvalue weighted by Crippen LogP contribution is 2.45. The summed E-state index contributed by atoms with van der Waals surface area (Å²) in [5.74, 6) is 0.119. The first-order chi connectivity index (χ1) is 16.8. The molecule has 0 radical (unpaired) electrons. The van der Waals surface area contributed by atoms with Crippen LogP contribution in [0.25, 0.3) is 11.1 Å². The van der Waals surface area contributed by atoms with Crippen molar-refractivity contribution in [1.29, 1.82) is 0 Å². The summed E-state index contributed by atoms with van der Waals surface area (Å²) in [6.07, 6.45) is 16.1. The standard InChI is InChI=1S/C31H37NO2/c1-2-3-4-5-6-7-13-23-20-24-14-12-15-25(21-23)32(24)31(33)34-22-30-28-18-10-8-16-26(28)27-17-9-11-19-29(27)30/h2,8-11,16-20,24-25,30H,1,3-7,12-15,21-22H2. The van der Waals surface area contributed by atoms with Crippen LogP contribution in [0.5, 0.6) is 0 Å². The number of ether oxygens (including phenoxy) is 1. The van der Waals surface area contributed by atoms with Gasteiger partial charge in [0.2, 0.25) is 0 Å². The Labute approximate surface area is 204 Å². The van der Waals surface area contributed by atoms with E-state index in [2.05, 4.69) is 66.1 Å². The van der Waals surface area contributed by atoms with Crippen LogP contribution in [0, 0.1) is 0 Å². The molecule has 178 valence electrons. The average Bonchev–Trinajstić information content (AvgIpc) is 3.18. The van der Waals surface area contributed by atoms with Crippen LogP contribution in [-0.2, 0) is 4.74 Å². The Balaban J connectivity index is 1.21. The van der Waals surface area contributed by atoms with Gasteiger partial charge >= 0.3 is 6.09 Å². The third-order valence-electron chi connectivity index (χ3n) is 7.92. The molecule has 2 bridgehead atoms. The molecule has 2 unspecified atom stereocenters. The fourth-order valence-electron chi connectivity index (χ4n) is 6.25. The summed E-state index contributed by atoms with van der Waals surface area (Å²) in [5, 5.41) is 0. The van der Waals surface area contributed by atoms with E-state index in [0.717, 1.165) is 25.7 Å². The van der Waals surface area contributed by atoms with Crippen LogP contribution in [0.1, 0.15) is 81.3 Å². The first-order valence-corrected chi connectivity index (χ1v) is 13.2. The van der Waals surface area contributed by atoms with Crippen molar-refractivity contribution >= 4 is 6.09 Å². The summed E-state index contributed by atoms with van der Waals surface area (Å²) in [6, 6.07) is 17.6. The molecule has 34 heavy (non-hydrogen) atoms. The third kappa shape index (κ3) is 4.71. The largest absolute Gasteiger partial charge is 0.448 e. The van der Waals surface area contributed by atoms with Gasteiger partial charge in [0.05, 0.1) is 6.04 Å². The molecule has 1 saturated heterocycles. The second-order valence-corrected chi connectivity index (χ2v) is 10.1. The van der Waals surface area contributed by atoms with E-state index in [-0.39, 0.29) is 18.1 Å². The number of hydrogen-bond acceptors (Lipinski definition) is 2. The van der Waals surface area contributed by atoms with Crippen LogP contribution in [0.3, 0.4) is 0 Å². The lowest BCUT2D eigenvalue weighted by Gasteiger charge is -2.44. The number of unbranched alkanes of at least 4 members (excludes halogenated alkanes) is 4. The lowest BCUT2D eigenvalue weighted by atomic mass is 9.84. The van der Waals surface area contributed by atoms with Crippen molar-refractivity contribution in [3.05, 3.63) is 84.0 Å². The molecule has 2 aromatic rings. The van der Waals surface area contributed by atoms with E-state index >= 15 is 0 Å². The molecule has 0 N–H and O–H groups in total. The zero-order valence-electron chi connectivity index (χ0n) is 20.3. The minimum atomic E-state index is -0.128. The normalized spacial score (nSPS) is 20.9. The summed E-state index contributed by atoms with van der Waals surface area (Å²) in [6.45, 7) is 4.22. The average molecular weight is 456 g/mol. The van der Waals surface area contributed by atoms with Crippen molar-refractivity contribution < 1.29 is 9.53 Å². The molecule has 1 amide bonds. The van der Waals surface area contributed by atoms with Crippen LogP contribution in [0.15, 0.2) is 72.8 Å². The number of carbonyl (C=O) groups is 1. The van der Waals surface area contributed by atoms with Crippen molar-refractivity contribution in [3.63, 3.8) is 0 Å². The van der Waals surface area contributed by atoms with Crippen LogP contribution in [-0.4, -0.2) is 29.7 Å². The van der Waals surface area contributed by atoms with E-state index < -0.39 is 0 Å². The Bertz CT molecular complexity index is 1010. The number of allylic oxidation sites excluding steroid dienone is 1. The maximum Gasteiger partial charge on any atom is 0.410 e. The van der Waals surface area contributed by atoms with Gasteiger partial charge in [-0.05, 0) is 73.6 Å². The van der Waals surface area contributed by atoms with Crippen molar-refractivity contribution in [2.24, 2.45) is 0 Å². The van der Waals surface area contributed by atoms with Gasteiger partial charge in [0.25, 0.3) is 0 Å². The lowest BCUT2D eigenvalue weighted by Crippen LogP contribution is -2.52. The van der Waals surface area contributed by atoms with Gasteiger partial charge in [-0.25, -0.2) is 4.79 Å². The number of benzene rings is 2. The maximum atomic E-state index is 13.3. The molecule has 2 aliphatic heterocycles. The topological polar surface area (TPSA) is 29.5 Å². The molecule has 0 aromatic heterocycles. The molecule has 2 atom stereocenters. The fraction of sp³-hybridized carbons (Fsp3) is 0.452. The van der Waals surface area contributed by atoms with E-state index in [1.807, 2.05) is 6.08 Å². The monoisotopic (exact) mass is 455 g/mol. The predicted octanol–water partition coefficient (Wildman–Crippen LogP) is 8.02. The van der Waals surface area contributed by atoms with Crippen LogP contribution < -0.4 is 0 Å². The first-order valence-electron chi connectivity index (χ1n) is 13.2. The van der Waals surface area contributed by atoms with Crippen molar-refractivity contribution in [2.75, 3.05) is 6.61 Å². The zero-order chi connectivity index (χ0) is 23.3. The molecule has 2 aromatic carbocycles. The predicted molar refractivity (Wildman–Crippen MR) is 139 cm³/mol. The van der Waals surface area contributed by atoms with E-state index in [9.17, 15) is 4.79 Å². The Morgan fingerprint density at radius 1 is 0.971 bits per heavy atom. The highest BCUT2D eigenvalue weighted by Gasteiger charge is 2.38. The van der Waals surface area contributed by atoms with E-state index in [1.54, 1.807) is 5.57 Å². The molecule has 3 heteroatoms. The Hall–Kier alpha value is -2.81. The summed E-state index contributed by atoms with van der Waals surface area (Å²) in [4.78, 5) is 15.4. The molecule has 1 fully saturated rings. The molecule has 5 rings (SSSR count). The summed E-state index contributed by atoms with van der Waals surface area (Å²) >= 11 is 0. The van der Waals surface area contributed by atoms with Crippen LogP contribution >= 0.6 is 0 Å². The van der Waals surface area contributed by atoms with Gasteiger partial charge in [0, 0.05) is 12.0 Å². The molecule has 2 heterocycles. The zero-order valence-corrected chi connectivity index (χ0v) is 20.3. The van der Waals surface area contributed by atoms with E-state index in [4.69, 9.17) is 4.74 Å². The number of piperidine rings is 1. The van der Waals surface area contributed by atoms with Crippen molar-refractivity contribution in [2.45, 2.75) is 82.2 Å². The molecular formula is C31H37NO2. The van der Waals surface area contributed by atoms with Gasteiger partial charge in [-0.15, -0.1) is 6.58 Å². The van der Waals surface area contributed by atoms with Gasteiger partial charge in [0.1, 0.15) is 6.61 Å². The van der Waals surface area contributed by atoms with Gasteiger partial charge < -0.3 is 4.74 Å². The summed E-state index contributed by atoms with van der Waals surface area (Å²) < 4.78 is 6.04. The number of carbonyl (C=O) groups excluding carboxylic acids is 1. The Morgan fingerprint density at radius 3 is 2.38 bits per heavy atom. The molecule has 3 aliphatic rings. The van der Waals surface area contributed by atoms with Gasteiger partial charge in [-0.3, -0.25) is 4.90 Å². The molecule has 1 aliphatic carbocycles. The number of hydrogen-bond donors (Lipinski definition) is 0. The maximum absolute atomic E-state index is 13.3. The quantitative estimate of drug-likeness (QED) is 0.283. The second kappa shape index (κ2) is 10.6. The van der Waals surface area contributed by atoms with E-state index in [1.165, 1.54) is 60.8 Å². The molecular weight excluding hydrogens is 418 g/mol. The SMILES string of the molecule is C=CCCCCCCC1=CC2CCCC(C1)N2C(=O)OCC1c2ccccc2-c2ccccc21. The Kier molecular flexibility index (Phi) is 7.18. The van der Waals surface area contributed by atoms with E-state index in [0.29, 0.717) is 12.6 Å². The van der Waals surface area contributed by atoms with Crippen molar-refractivity contribution in [1.82, 2.24) is 4.90 Å². The third-order valence-corrected chi connectivity index (χ3v) is 7.92. The molecule has 3 nitrogen and oxygen atoms in total. The number of rotatable bonds is 9. The van der Waals surface area contributed by atoms with Gasteiger partial charge in [0.15, 0.2) is 0 Å². The first kappa shape index (κ1) is 23.0. The van der Waals surface area contributed by atoms with Crippen molar-refractivity contribution in [3.8, 4) is 11.1 Å². The molecule has 0 spiro atoms. The van der Waals surface area contributed by atoms with Crippen LogP contribution in [0.2, 0.25) is 0 Å². The second-order valence-electron chi connectivity index (χ2n) is 10.1. The van der Waals surface area contributed by atoms with Crippen LogP contribution in [0.4, 0.5) is 4.79 Å². The minimum absolute atomic E-state index is 0.119. The fourth-order valence-corrected chi connectivity index (χ4v) is 6.25. The lowest BCUT2D eigenvalue weighted by molar-refractivity contribution is 0.0507. The smallest absolute Gasteiger partial charge is 0.410 e. The number of fused-ring (bicyclic) bond motifs is 5.